The Bertz CT molecular complexity index is 1170. The third-order valence-electron chi connectivity index (χ3n) is 4.13. The van der Waals surface area contributed by atoms with Crippen LogP contribution in [0.1, 0.15) is 10.4 Å². The van der Waals surface area contributed by atoms with Gasteiger partial charge < -0.3 is 20.7 Å². The SMILES string of the molecule is COC(=O)c1cc(-c2ncc(-c3cn[nH]c3)c3onc(N)c23)c(F)cc1N. The van der Waals surface area contributed by atoms with E-state index in [1.807, 2.05) is 0 Å². The first-order valence-corrected chi connectivity index (χ1v) is 7.72. The van der Waals surface area contributed by atoms with E-state index in [0.29, 0.717) is 22.1 Å². The second-order valence-electron chi connectivity index (χ2n) is 5.69. The number of ether oxygens (including phenoxy) is 1. The van der Waals surface area contributed by atoms with E-state index in [2.05, 4.69) is 25.1 Å². The number of anilines is 2. The molecule has 0 aliphatic rings. The monoisotopic (exact) mass is 368 g/mol. The van der Waals surface area contributed by atoms with Gasteiger partial charge in [-0.3, -0.25) is 10.1 Å². The molecule has 4 aromatic rings. The Labute approximate surface area is 151 Å². The predicted octanol–water partition coefficient (Wildman–Crippen LogP) is 2.37. The van der Waals surface area contributed by atoms with Crippen molar-refractivity contribution in [2.24, 2.45) is 0 Å². The summed E-state index contributed by atoms with van der Waals surface area (Å²) in [6.45, 7) is 0. The number of esters is 1. The Balaban J connectivity index is 2.00. The molecular formula is C17H13FN6O3. The molecule has 0 saturated carbocycles. The van der Waals surface area contributed by atoms with Gasteiger partial charge in [-0.2, -0.15) is 5.10 Å². The van der Waals surface area contributed by atoms with Crippen LogP contribution in [0.25, 0.3) is 33.4 Å². The molecule has 0 saturated heterocycles. The molecule has 1 aromatic carbocycles. The maximum absolute atomic E-state index is 14.6. The zero-order valence-electron chi connectivity index (χ0n) is 14.0. The summed E-state index contributed by atoms with van der Waals surface area (Å²) in [6, 6.07) is 2.30. The average Bonchev–Trinajstić information content (AvgIpc) is 3.31. The summed E-state index contributed by atoms with van der Waals surface area (Å²) in [5.41, 5.74) is 13.4. The number of nitrogen functional groups attached to an aromatic ring is 2. The molecule has 10 heteroatoms. The van der Waals surface area contributed by atoms with Gasteiger partial charge in [0.15, 0.2) is 11.4 Å². The molecule has 0 unspecified atom stereocenters. The number of benzene rings is 1. The number of methoxy groups -OCH3 is 1. The lowest BCUT2D eigenvalue weighted by Crippen LogP contribution is -2.07. The van der Waals surface area contributed by atoms with E-state index in [0.717, 1.165) is 6.07 Å². The second kappa shape index (κ2) is 6.09. The summed E-state index contributed by atoms with van der Waals surface area (Å²) in [5.74, 6) is -1.34. The number of carbonyl (C=O) groups excluding carboxylic acids is 1. The lowest BCUT2D eigenvalue weighted by molar-refractivity contribution is 0.0602. The van der Waals surface area contributed by atoms with Gasteiger partial charge in [0.25, 0.3) is 0 Å². The molecule has 136 valence electrons. The van der Waals surface area contributed by atoms with Crippen molar-refractivity contribution in [2.45, 2.75) is 0 Å². The first kappa shape index (κ1) is 16.5. The highest BCUT2D eigenvalue weighted by Gasteiger charge is 2.23. The van der Waals surface area contributed by atoms with Crippen LogP contribution >= 0.6 is 0 Å². The number of pyridine rings is 1. The number of halogens is 1. The predicted molar refractivity (Wildman–Crippen MR) is 94.9 cm³/mol. The summed E-state index contributed by atoms with van der Waals surface area (Å²) in [7, 11) is 1.21. The zero-order chi connectivity index (χ0) is 19.1. The summed E-state index contributed by atoms with van der Waals surface area (Å²) in [6.07, 6.45) is 4.71. The lowest BCUT2D eigenvalue weighted by Gasteiger charge is -2.10. The molecule has 0 amide bonds. The Kier molecular flexibility index (Phi) is 3.73. The number of nitrogens with one attached hydrogen (secondary N) is 1. The fraction of sp³-hybridized carbons (Fsp3) is 0.0588. The number of hydrogen-bond acceptors (Lipinski definition) is 8. The smallest absolute Gasteiger partial charge is 0.339 e. The molecule has 0 spiro atoms. The maximum atomic E-state index is 14.6. The molecule has 4 rings (SSSR count). The first-order valence-electron chi connectivity index (χ1n) is 7.72. The van der Waals surface area contributed by atoms with Crippen LogP contribution in [0.5, 0.6) is 0 Å². The molecule has 0 radical (unpaired) electrons. The van der Waals surface area contributed by atoms with Crippen molar-refractivity contribution >= 4 is 28.4 Å². The van der Waals surface area contributed by atoms with E-state index in [1.165, 1.54) is 19.4 Å². The van der Waals surface area contributed by atoms with Crippen LogP contribution in [0.3, 0.4) is 0 Å². The molecule has 27 heavy (non-hydrogen) atoms. The molecular weight excluding hydrogens is 355 g/mol. The van der Waals surface area contributed by atoms with E-state index in [9.17, 15) is 9.18 Å². The quantitative estimate of drug-likeness (QED) is 0.369. The number of nitrogens with zero attached hydrogens (tertiary/aromatic N) is 3. The minimum absolute atomic E-state index is 0.0118. The normalized spacial score (nSPS) is 11.0. The van der Waals surface area contributed by atoms with Gasteiger partial charge in [-0.05, 0) is 12.1 Å². The van der Waals surface area contributed by atoms with E-state index in [1.54, 1.807) is 12.4 Å². The highest BCUT2D eigenvalue weighted by atomic mass is 19.1. The van der Waals surface area contributed by atoms with Crippen molar-refractivity contribution < 1.29 is 18.4 Å². The number of nitrogens with two attached hydrogens (primary N) is 2. The molecule has 0 fully saturated rings. The second-order valence-corrected chi connectivity index (χ2v) is 5.69. The standard InChI is InChI=1S/C17H13FN6O3/c1-26-17(25)9-2-8(11(18)3-12(9)19)14-13-15(27-24-16(13)20)10(6-21-14)7-4-22-23-5-7/h2-6H,19H2,1H3,(H2,20,24)(H,22,23). The van der Waals surface area contributed by atoms with Crippen molar-refractivity contribution in [3.8, 4) is 22.4 Å². The molecule has 3 heterocycles. The largest absolute Gasteiger partial charge is 0.465 e. The van der Waals surface area contributed by atoms with Crippen molar-refractivity contribution in [3.63, 3.8) is 0 Å². The lowest BCUT2D eigenvalue weighted by atomic mass is 10.0. The minimum Gasteiger partial charge on any atom is -0.465 e. The van der Waals surface area contributed by atoms with Crippen LogP contribution in [-0.4, -0.2) is 33.4 Å². The molecule has 0 atom stereocenters. The fourth-order valence-corrected chi connectivity index (χ4v) is 2.83. The number of fused-ring (bicyclic) bond motifs is 1. The Morgan fingerprint density at radius 1 is 1.26 bits per heavy atom. The number of aromatic amines is 1. The first-order chi connectivity index (χ1) is 13.0. The van der Waals surface area contributed by atoms with E-state index in [-0.39, 0.29) is 28.3 Å². The van der Waals surface area contributed by atoms with Gasteiger partial charge in [0.2, 0.25) is 0 Å². The van der Waals surface area contributed by atoms with Crippen molar-refractivity contribution in [3.05, 3.63) is 42.1 Å². The van der Waals surface area contributed by atoms with E-state index < -0.39 is 11.8 Å². The Morgan fingerprint density at radius 3 is 2.78 bits per heavy atom. The molecule has 3 aromatic heterocycles. The van der Waals surface area contributed by atoms with Crippen molar-refractivity contribution in [2.75, 3.05) is 18.6 Å². The highest BCUT2D eigenvalue weighted by molar-refractivity contribution is 6.06. The number of carbonyl (C=O) groups is 1. The number of H-pyrrole nitrogens is 1. The molecule has 0 aliphatic carbocycles. The van der Waals surface area contributed by atoms with Crippen LogP contribution in [0.4, 0.5) is 15.9 Å². The van der Waals surface area contributed by atoms with E-state index in [4.69, 9.17) is 16.0 Å². The fourth-order valence-electron chi connectivity index (χ4n) is 2.83. The molecule has 9 nitrogen and oxygen atoms in total. The molecule has 0 aliphatic heterocycles. The summed E-state index contributed by atoms with van der Waals surface area (Å²) in [5, 5.41) is 10.7. The van der Waals surface area contributed by atoms with Crippen molar-refractivity contribution in [1.82, 2.24) is 20.3 Å². The van der Waals surface area contributed by atoms with Crippen LogP contribution < -0.4 is 11.5 Å². The van der Waals surface area contributed by atoms with Gasteiger partial charge in [0, 0.05) is 34.8 Å². The molecule has 5 N–H and O–H groups in total. The van der Waals surface area contributed by atoms with Gasteiger partial charge in [0.05, 0.1) is 30.0 Å². The van der Waals surface area contributed by atoms with Gasteiger partial charge in [-0.25, -0.2) is 9.18 Å². The maximum Gasteiger partial charge on any atom is 0.339 e. The summed E-state index contributed by atoms with van der Waals surface area (Å²) in [4.78, 5) is 16.2. The third-order valence-corrected chi connectivity index (χ3v) is 4.13. The summed E-state index contributed by atoms with van der Waals surface area (Å²) >= 11 is 0. The van der Waals surface area contributed by atoms with E-state index >= 15 is 0 Å². The highest BCUT2D eigenvalue weighted by Crippen LogP contribution is 2.38. The van der Waals surface area contributed by atoms with Crippen LogP contribution in [0.2, 0.25) is 0 Å². The number of hydrogen-bond donors (Lipinski definition) is 3. The van der Waals surface area contributed by atoms with Gasteiger partial charge in [0.1, 0.15) is 5.82 Å². The minimum atomic E-state index is -0.696. The Morgan fingerprint density at radius 2 is 2.07 bits per heavy atom. The average molecular weight is 368 g/mol. The zero-order valence-corrected chi connectivity index (χ0v) is 14.0. The topological polar surface area (TPSA) is 146 Å². The number of rotatable bonds is 3. The van der Waals surface area contributed by atoms with Crippen molar-refractivity contribution in [1.29, 1.82) is 0 Å². The number of aromatic nitrogens is 4. The van der Waals surface area contributed by atoms with Gasteiger partial charge in [-0.1, -0.05) is 5.16 Å². The van der Waals surface area contributed by atoms with Gasteiger partial charge in [-0.15, -0.1) is 0 Å². The Hall–Kier alpha value is -3.95. The van der Waals surface area contributed by atoms with Crippen LogP contribution in [0, 0.1) is 5.82 Å². The third kappa shape index (κ3) is 2.54. The van der Waals surface area contributed by atoms with Gasteiger partial charge >= 0.3 is 5.97 Å². The summed E-state index contributed by atoms with van der Waals surface area (Å²) < 4.78 is 24.7. The molecule has 0 bridgehead atoms. The van der Waals surface area contributed by atoms with Crippen LogP contribution in [-0.2, 0) is 4.74 Å². The van der Waals surface area contributed by atoms with Crippen LogP contribution in [0.15, 0.2) is 35.2 Å².